The average molecular weight is 334 g/mol. The predicted molar refractivity (Wildman–Crippen MR) is 94.8 cm³/mol. The maximum absolute atomic E-state index is 12.6. The van der Waals surface area contributed by atoms with Gasteiger partial charge in [0.1, 0.15) is 5.60 Å². The molecule has 0 spiro atoms. The van der Waals surface area contributed by atoms with Gasteiger partial charge in [0.05, 0.1) is 11.8 Å². The zero-order chi connectivity index (χ0) is 18.3. The van der Waals surface area contributed by atoms with E-state index >= 15 is 0 Å². The maximum atomic E-state index is 12.6. The number of ether oxygens (including phenoxy) is 1. The van der Waals surface area contributed by atoms with E-state index in [1.54, 1.807) is 6.92 Å². The topological polar surface area (TPSA) is 63.6 Å². The van der Waals surface area contributed by atoms with E-state index in [1.165, 1.54) is 5.56 Å². The Balaban J connectivity index is 2.94. The molecule has 0 aromatic heterocycles. The molecule has 0 fully saturated rings. The molecule has 0 radical (unpaired) electrons. The number of benzene rings is 1. The zero-order valence-electron chi connectivity index (χ0n) is 15.4. The first kappa shape index (κ1) is 20.2. The van der Waals surface area contributed by atoms with E-state index in [9.17, 15) is 14.7 Å². The van der Waals surface area contributed by atoms with E-state index in [0.717, 1.165) is 6.42 Å². The highest BCUT2D eigenvalue weighted by Crippen LogP contribution is 2.31. The highest BCUT2D eigenvalue weighted by atomic mass is 16.6. The second-order valence-corrected chi connectivity index (χ2v) is 7.46. The van der Waals surface area contributed by atoms with Gasteiger partial charge >= 0.3 is 11.9 Å². The molecule has 4 heteroatoms. The summed E-state index contributed by atoms with van der Waals surface area (Å²) in [5, 5.41) is 9.20. The molecule has 0 saturated heterocycles. The smallest absolute Gasteiger partial charge is 0.309 e. The molecular weight excluding hydrogens is 304 g/mol. The van der Waals surface area contributed by atoms with E-state index in [0.29, 0.717) is 12.8 Å². The Labute approximate surface area is 145 Å². The number of carboxylic acids is 1. The molecule has 4 nitrogen and oxygen atoms in total. The van der Waals surface area contributed by atoms with Crippen molar-refractivity contribution in [2.75, 3.05) is 0 Å². The Hall–Kier alpha value is -1.84. The van der Waals surface area contributed by atoms with Gasteiger partial charge in [-0.05, 0) is 51.5 Å². The van der Waals surface area contributed by atoms with Crippen LogP contribution >= 0.6 is 0 Å². The lowest BCUT2D eigenvalue weighted by Gasteiger charge is -2.27. The van der Waals surface area contributed by atoms with Crippen LogP contribution in [0.2, 0.25) is 0 Å². The highest BCUT2D eigenvalue weighted by molar-refractivity contribution is 5.75. The predicted octanol–water partition coefficient (Wildman–Crippen LogP) is 4.64. The summed E-state index contributed by atoms with van der Waals surface area (Å²) in [6, 6.07) is 10.1. The fourth-order valence-corrected chi connectivity index (χ4v) is 2.81. The number of carboxylic acid groups (broad SMARTS) is 1. The molecule has 1 aromatic carbocycles. The second-order valence-electron chi connectivity index (χ2n) is 7.46. The van der Waals surface area contributed by atoms with E-state index in [1.807, 2.05) is 39.0 Å². The molecule has 0 aliphatic carbocycles. The third-order valence-electron chi connectivity index (χ3n) is 4.13. The van der Waals surface area contributed by atoms with Gasteiger partial charge in [0.15, 0.2) is 0 Å². The summed E-state index contributed by atoms with van der Waals surface area (Å²) in [5.74, 6) is -1.96. The van der Waals surface area contributed by atoms with Crippen molar-refractivity contribution in [3.63, 3.8) is 0 Å². The summed E-state index contributed by atoms with van der Waals surface area (Å²) in [5.41, 5.74) is 0.604. The Kier molecular flexibility index (Phi) is 7.46. The lowest BCUT2D eigenvalue weighted by molar-refractivity contribution is -0.161. The molecule has 1 rings (SSSR count). The Morgan fingerprint density at radius 1 is 1.12 bits per heavy atom. The van der Waals surface area contributed by atoms with E-state index < -0.39 is 23.4 Å². The fourth-order valence-electron chi connectivity index (χ4n) is 2.81. The van der Waals surface area contributed by atoms with Crippen molar-refractivity contribution >= 4 is 11.9 Å². The summed E-state index contributed by atoms with van der Waals surface area (Å²) in [6.07, 6.45) is 1.80. The van der Waals surface area contributed by atoms with Gasteiger partial charge in [-0.2, -0.15) is 0 Å². The summed E-state index contributed by atoms with van der Waals surface area (Å²) in [4.78, 5) is 23.8. The van der Waals surface area contributed by atoms with E-state index in [2.05, 4.69) is 19.1 Å². The first-order valence-corrected chi connectivity index (χ1v) is 8.64. The highest BCUT2D eigenvalue weighted by Gasteiger charge is 2.30. The van der Waals surface area contributed by atoms with Gasteiger partial charge in [0, 0.05) is 0 Å². The number of hydrogen-bond donors (Lipinski definition) is 1. The van der Waals surface area contributed by atoms with E-state index in [-0.39, 0.29) is 11.9 Å². The normalized spacial score (nSPS) is 15.4. The van der Waals surface area contributed by atoms with Crippen molar-refractivity contribution in [3.8, 4) is 0 Å². The number of carbonyl (C=O) groups is 2. The Morgan fingerprint density at radius 2 is 1.71 bits per heavy atom. The van der Waals surface area contributed by atoms with Crippen LogP contribution in [0.3, 0.4) is 0 Å². The van der Waals surface area contributed by atoms with Crippen molar-refractivity contribution in [2.24, 2.45) is 11.8 Å². The van der Waals surface area contributed by atoms with Crippen molar-refractivity contribution in [1.82, 2.24) is 0 Å². The lowest BCUT2D eigenvalue weighted by Crippen LogP contribution is -2.31. The minimum absolute atomic E-state index is 0.213. The zero-order valence-corrected chi connectivity index (χ0v) is 15.4. The first-order valence-electron chi connectivity index (χ1n) is 8.64. The maximum Gasteiger partial charge on any atom is 0.309 e. The molecule has 1 aromatic rings. The molecule has 0 saturated carbocycles. The molecule has 3 unspecified atom stereocenters. The lowest BCUT2D eigenvalue weighted by atomic mass is 9.83. The van der Waals surface area contributed by atoms with E-state index in [4.69, 9.17) is 4.74 Å². The van der Waals surface area contributed by atoms with Crippen LogP contribution in [0.25, 0.3) is 0 Å². The van der Waals surface area contributed by atoms with Crippen LogP contribution in [0.5, 0.6) is 0 Å². The number of hydrogen-bond acceptors (Lipinski definition) is 3. The number of esters is 1. The molecule has 0 aliphatic heterocycles. The minimum atomic E-state index is -0.878. The van der Waals surface area contributed by atoms with Crippen molar-refractivity contribution < 1.29 is 19.4 Å². The van der Waals surface area contributed by atoms with Crippen molar-refractivity contribution in [1.29, 1.82) is 0 Å². The van der Waals surface area contributed by atoms with Gasteiger partial charge in [-0.25, -0.2) is 0 Å². The molecule has 0 heterocycles. The Morgan fingerprint density at radius 3 is 2.17 bits per heavy atom. The first-order chi connectivity index (χ1) is 11.1. The molecule has 0 aliphatic rings. The molecular formula is C20H30O4. The van der Waals surface area contributed by atoms with Gasteiger partial charge < -0.3 is 9.84 Å². The molecule has 1 N–H and O–H groups in total. The summed E-state index contributed by atoms with van der Waals surface area (Å²) in [7, 11) is 0. The summed E-state index contributed by atoms with van der Waals surface area (Å²) < 4.78 is 5.53. The fraction of sp³-hybridized carbons (Fsp3) is 0.600. The summed E-state index contributed by atoms with van der Waals surface area (Å²) in [6.45, 7) is 9.22. The number of carbonyl (C=O) groups excluding carboxylic acids is 1. The van der Waals surface area contributed by atoms with Gasteiger partial charge in [-0.1, -0.05) is 44.2 Å². The van der Waals surface area contributed by atoms with Crippen LogP contribution in [-0.4, -0.2) is 22.6 Å². The minimum Gasteiger partial charge on any atom is -0.481 e. The van der Waals surface area contributed by atoms with Crippen LogP contribution < -0.4 is 0 Å². The third kappa shape index (κ3) is 6.73. The van der Waals surface area contributed by atoms with Crippen molar-refractivity contribution in [3.05, 3.63) is 35.9 Å². The van der Waals surface area contributed by atoms with Crippen LogP contribution in [0.15, 0.2) is 30.3 Å². The molecule has 3 atom stereocenters. The van der Waals surface area contributed by atoms with Gasteiger partial charge in [0.25, 0.3) is 0 Å². The standard InChI is InChI=1S/C20H30O4/c1-6-15(16-10-8-7-9-11-16)13-17(12-14(2)18(21)22)19(23)24-20(3,4)5/h7-11,14-15,17H,6,12-13H2,1-5H3,(H,21,22). The molecule has 0 amide bonds. The van der Waals surface area contributed by atoms with Gasteiger partial charge in [-0.3, -0.25) is 9.59 Å². The molecule has 0 bridgehead atoms. The van der Waals surface area contributed by atoms with Gasteiger partial charge in [-0.15, -0.1) is 0 Å². The van der Waals surface area contributed by atoms with Crippen LogP contribution in [0.4, 0.5) is 0 Å². The number of aliphatic carboxylic acids is 1. The quantitative estimate of drug-likeness (QED) is 0.704. The molecule has 24 heavy (non-hydrogen) atoms. The van der Waals surface area contributed by atoms with Gasteiger partial charge in [0.2, 0.25) is 0 Å². The van der Waals surface area contributed by atoms with Crippen LogP contribution in [-0.2, 0) is 14.3 Å². The monoisotopic (exact) mass is 334 g/mol. The van der Waals surface area contributed by atoms with Crippen LogP contribution in [0, 0.1) is 11.8 Å². The Bertz CT molecular complexity index is 530. The molecule has 134 valence electrons. The summed E-state index contributed by atoms with van der Waals surface area (Å²) >= 11 is 0. The number of rotatable bonds is 8. The third-order valence-corrected chi connectivity index (χ3v) is 4.13. The SMILES string of the molecule is CCC(CC(CC(C)C(=O)O)C(=O)OC(C)(C)C)c1ccccc1. The average Bonchev–Trinajstić information content (AvgIpc) is 2.50. The van der Waals surface area contributed by atoms with Crippen LogP contribution in [0.1, 0.15) is 65.4 Å². The second kappa shape index (κ2) is 8.86. The van der Waals surface area contributed by atoms with Crippen molar-refractivity contribution in [2.45, 2.75) is 65.4 Å². The largest absolute Gasteiger partial charge is 0.481 e.